The van der Waals surface area contributed by atoms with Crippen molar-refractivity contribution in [2.45, 2.75) is 6.42 Å². The van der Waals surface area contributed by atoms with E-state index in [2.05, 4.69) is 11.8 Å². The van der Waals surface area contributed by atoms with Crippen LogP contribution in [0.5, 0.6) is 0 Å². The van der Waals surface area contributed by atoms with Gasteiger partial charge in [-0.2, -0.15) is 5.26 Å². The Labute approximate surface area is 173 Å². The van der Waals surface area contributed by atoms with Gasteiger partial charge in [-0.25, -0.2) is 4.79 Å². The second-order valence-corrected chi connectivity index (χ2v) is 7.05. The number of allylic oxidation sites excluding steroid dienone is 1. The molecule has 0 atom stereocenters. The molecule has 0 saturated carbocycles. The monoisotopic (exact) mass is 398 g/mol. The van der Waals surface area contributed by atoms with Crippen molar-refractivity contribution in [2.75, 3.05) is 4.90 Å². The molecule has 0 bridgehead atoms. The summed E-state index contributed by atoms with van der Waals surface area (Å²) in [6.07, 6.45) is 2.45. The van der Waals surface area contributed by atoms with Gasteiger partial charge in [0.15, 0.2) is 0 Å². The Morgan fingerprint density at radius 2 is 1.90 bits per heavy atom. The molecule has 0 unspecified atom stereocenters. The number of benzene rings is 3. The predicted molar refractivity (Wildman–Crippen MR) is 113 cm³/mol. The van der Waals surface area contributed by atoms with Crippen molar-refractivity contribution in [2.24, 2.45) is 0 Å². The molecule has 0 aliphatic carbocycles. The first-order valence-electron chi connectivity index (χ1n) is 8.93. The molecule has 1 heterocycles. The van der Waals surface area contributed by atoms with Crippen LogP contribution in [0.15, 0.2) is 78.2 Å². The first-order valence-corrected chi connectivity index (χ1v) is 9.30. The number of carboxylic acid groups (broad SMARTS) is 1. The summed E-state index contributed by atoms with van der Waals surface area (Å²) in [7, 11) is 0. The number of carboxylic acids is 1. The van der Waals surface area contributed by atoms with Gasteiger partial charge < -0.3 is 10.0 Å². The molecule has 0 amide bonds. The summed E-state index contributed by atoms with van der Waals surface area (Å²) in [5, 5.41) is 19.3. The van der Waals surface area contributed by atoms with Crippen LogP contribution in [0.2, 0.25) is 5.02 Å². The minimum Gasteiger partial charge on any atom is -0.478 e. The van der Waals surface area contributed by atoms with Gasteiger partial charge in [-0.1, -0.05) is 35.5 Å². The number of nitrogens with zero attached hydrogens (tertiary/aromatic N) is 2. The molecule has 0 radical (unpaired) electrons. The molecule has 4 nitrogen and oxygen atoms in total. The summed E-state index contributed by atoms with van der Waals surface area (Å²) in [4.78, 5) is 13.5. The van der Waals surface area contributed by atoms with Crippen LogP contribution in [-0.4, -0.2) is 11.1 Å². The normalized spacial score (nSPS) is 12.1. The van der Waals surface area contributed by atoms with Gasteiger partial charge in [-0.3, -0.25) is 0 Å². The molecule has 140 valence electrons. The zero-order valence-corrected chi connectivity index (χ0v) is 16.0. The van der Waals surface area contributed by atoms with E-state index in [9.17, 15) is 15.2 Å². The number of anilines is 2. The Bertz CT molecular complexity index is 1220. The van der Waals surface area contributed by atoms with E-state index in [1.54, 1.807) is 30.3 Å². The third kappa shape index (κ3) is 3.79. The molecule has 3 aromatic rings. The Hall–Kier alpha value is -3.77. The zero-order chi connectivity index (χ0) is 20.4. The van der Waals surface area contributed by atoms with Gasteiger partial charge >= 0.3 is 5.97 Å². The van der Waals surface area contributed by atoms with Gasteiger partial charge in [-0.05, 0) is 60.2 Å². The van der Waals surface area contributed by atoms with Gasteiger partial charge in [0.25, 0.3) is 0 Å². The highest BCUT2D eigenvalue weighted by atomic mass is 35.5. The van der Waals surface area contributed by atoms with Crippen LogP contribution < -0.4 is 4.90 Å². The van der Waals surface area contributed by atoms with Crippen molar-refractivity contribution in [3.63, 3.8) is 0 Å². The molecule has 5 heteroatoms. The molecule has 4 rings (SSSR count). The first kappa shape index (κ1) is 18.6. The molecule has 0 spiro atoms. The van der Waals surface area contributed by atoms with E-state index in [4.69, 9.17) is 11.6 Å². The van der Waals surface area contributed by atoms with E-state index in [1.165, 1.54) is 0 Å². The number of fused-ring (bicyclic) bond motifs is 1. The molecular weight excluding hydrogens is 384 g/mol. The fraction of sp³-hybridized carbons (Fsp3) is 0.0417. The smallest absolute Gasteiger partial charge is 0.335 e. The highest BCUT2D eigenvalue weighted by molar-refractivity contribution is 6.30. The average molecular weight is 399 g/mol. The Morgan fingerprint density at radius 1 is 1.10 bits per heavy atom. The van der Waals surface area contributed by atoms with E-state index < -0.39 is 5.97 Å². The number of halogens is 1. The minimum atomic E-state index is -0.984. The first-order chi connectivity index (χ1) is 14.0. The summed E-state index contributed by atoms with van der Waals surface area (Å²) in [5.74, 6) is -0.984. The number of aromatic carboxylic acids is 1. The van der Waals surface area contributed by atoms with E-state index >= 15 is 0 Å². The van der Waals surface area contributed by atoms with Crippen LogP contribution in [0.1, 0.15) is 27.0 Å². The highest BCUT2D eigenvalue weighted by Crippen LogP contribution is 2.37. The second kappa shape index (κ2) is 7.69. The lowest BCUT2D eigenvalue weighted by Gasteiger charge is -2.30. The topological polar surface area (TPSA) is 64.3 Å². The summed E-state index contributed by atoms with van der Waals surface area (Å²) in [6, 6.07) is 22.0. The van der Waals surface area contributed by atoms with E-state index in [0.29, 0.717) is 17.0 Å². The third-order valence-electron chi connectivity index (χ3n) is 4.70. The molecule has 3 aromatic carbocycles. The lowest BCUT2D eigenvalue weighted by atomic mass is 10.0. The summed E-state index contributed by atoms with van der Waals surface area (Å²) in [5.41, 5.74) is 8.45. The van der Waals surface area contributed by atoms with Crippen LogP contribution in [0.3, 0.4) is 0 Å². The highest BCUT2D eigenvalue weighted by Gasteiger charge is 2.21. The van der Waals surface area contributed by atoms with Crippen molar-refractivity contribution in [1.82, 2.24) is 0 Å². The van der Waals surface area contributed by atoms with Crippen molar-refractivity contribution < 1.29 is 9.90 Å². The lowest BCUT2D eigenvalue weighted by Crippen LogP contribution is -2.20. The van der Waals surface area contributed by atoms with Crippen LogP contribution in [0.4, 0.5) is 11.4 Å². The fourth-order valence-corrected chi connectivity index (χ4v) is 3.44. The average Bonchev–Trinajstić information content (AvgIpc) is 2.75. The molecule has 0 aromatic heterocycles. The molecule has 1 N–H and O–H groups in total. The largest absolute Gasteiger partial charge is 0.478 e. The number of nitriles is 1. The lowest BCUT2D eigenvalue weighted by molar-refractivity contribution is 0.0697. The number of hydrogen-bond acceptors (Lipinski definition) is 3. The van der Waals surface area contributed by atoms with Crippen LogP contribution in [-0.2, 0) is 6.42 Å². The van der Waals surface area contributed by atoms with Gasteiger partial charge in [0.2, 0.25) is 0 Å². The summed E-state index contributed by atoms with van der Waals surface area (Å²) >= 11 is 6.00. The molecule has 1 aliphatic rings. The molecule has 0 saturated heterocycles. The molecule has 1 aliphatic heterocycles. The summed E-state index contributed by atoms with van der Waals surface area (Å²) in [6.45, 7) is 0. The molecular formula is C24H15ClN2O2. The number of carbonyl (C=O) groups is 1. The molecule has 0 fully saturated rings. The van der Waals surface area contributed by atoms with Crippen LogP contribution in [0.25, 0.3) is 6.08 Å². The van der Waals surface area contributed by atoms with E-state index in [-0.39, 0.29) is 5.56 Å². The van der Waals surface area contributed by atoms with Crippen LogP contribution >= 0.6 is 11.6 Å². The van der Waals surface area contributed by atoms with Gasteiger partial charge in [0.05, 0.1) is 28.6 Å². The maximum absolute atomic E-state index is 11.5. The van der Waals surface area contributed by atoms with Crippen molar-refractivity contribution >= 4 is 35.0 Å². The van der Waals surface area contributed by atoms with Crippen molar-refractivity contribution in [3.8, 4) is 6.07 Å². The van der Waals surface area contributed by atoms with E-state index in [0.717, 1.165) is 28.2 Å². The maximum atomic E-state index is 11.5. The molecule has 29 heavy (non-hydrogen) atoms. The van der Waals surface area contributed by atoms with Crippen LogP contribution in [0, 0.1) is 11.3 Å². The fourth-order valence-electron chi connectivity index (χ4n) is 3.31. The predicted octanol–water partition coefficient (Wildman–Crippen LogP) is 5.80. The standard InChI is InChI=1S/C24H15ClN2O2/c25-20-8-4-16(5-9-20)13-22-10-7-18-12-17(15-26)6-11-23(18)27(22)21-3-1-2-19(14-21)24(28)29/h1-9,11-12,14H,13H2,(H,28,29). The quantitative estimate of drug-likeness (QED) is 0.564. The SMILES string of the molecule is N#Cc1ccc2c(c1)C=C=C(Cc1ccc(Cl)cc1)N2c1cccc(C(=O)O)c1. The van der Waals surface area contributed by atoms with Crippen molar-refractivity contribution in [3.05, 3.63) is 105 Å². The maximum Gasteiger partial charge on any atom is 0.335 e. The van der Waals surface area contributed by atoms with Crippen molar-refractivity contribution in [1.29, 1.82) is 5.26 Å². The summed E-state index contributed by atoms with van der Waals surface area (Å²) < 4.78 is 0. The second-order valence-electron chi connectivity index (χ2n) is 6.61. The number of rotatable bonds is 4. The van der Waals surface area contributed by atoms with Gasteiger partial charge in [-0.15, -0.1) is 0 Å². The Kier molecular flexibility index (Phi) is 4.93. The Balaban J connectivity index is 1.84. The van der Waals surface area contributed by atoms with Gasteiger partial charge in [0, 0.05) is 22.7 Å². The van der Waals surface area contributed by atoms with Gasteiger partial charge in [0.1, 0.15) is 0 Å². The third-order valence-corrected chi connectivity index (χ3v) is 4.95. The minimum absolute atomic E-state index is 0.207. The zero-order valence-electron chi connectivity index (χ0n) is 15.3. The Morgan fingerprint density at radius 3 is 2.62 bits per heavy atom. The number of hydrogen-bond donors (Lipinski definition) is 1. The van der Waals surface area contributed by atoms with E-state index in [1.807, 2.05) is 47.4 Å².